The fraction of sp³-hybridized carbons (Fsp3) is 0.158. The van der Waals surface area contributed by atoms with Crippen LogP contribution in [0.1, 0.15) is 0 Å². The molecule has 4 heteroatoms. The van der Waals surface area contributed by atoms with Crippen molar-refractivity contribution >= 4 is 32.6 Å². The summed E-state index contributed by atoms with van der Waals surface area (Å²) in [6.45, 7) is 0. The second-order valence-electron chi connectivity index (χ2n) is 5.56. The monoisotopic (exact) mass is 309 g/mol. The van der Waals surface area contributed by atoms with Crippen molar-refractivity contribution in [2.45, 2.75) is 0 Å². The van der Waals surface area contributed by atoms with Crippen LogP contribution in [0.25, 0.3) is 32.6 Å². The van der Waals surface area contributed by atoms with Crippen LogP contribution in [0.5, 0.6) is 11.5 Å². The van der Waals surface area contributed by atoms with Gasteiger partial charge in [-0.2, -0.15) is 0 Å². The van der Waals surface area contributed by atoms with E-state index in [0.29, 0.717) is 0 Å². The van der Waals surface area contributed by atoms with Gasteiger partial charge in [-0.25, -0.2) is 4.39 Å². The minimum atomic E-state index is -0.258. The van der Waals surface area contributed by atoms with Crippen molar-refractivity contribution in [2.24, 2.45) is 7.05 Å². The van der Waals surface area contributed by atoms with Crippen LogP contribution < -0.4 is 9.47 Å². The molecule has 0 aliphatic heterocycles. The number of benzene rings is 3. The predicted octanol–water partition coefficient (Wildman–Crippen LogP) is 4.64. The highest BCUT2D eigenvalue weighted by atomic mass is 19.1. The van der Waals surface area contributed by atoms with Gasteiger partial charge >= 0.3 is 0 Å². The molecule has 3 nitrogen and oxygen atoms in total. The average Bonchev–Trinajstić information content (AvgIpc) is 2.85. The summed E-state index contributed by atoms with van der Waals surface area (Å²) in [7, 11) is 5.24. The summed E-state index contributed by atoms with van der Waals surface area (Å²) >= 11 is 0. The first-order valence-corrected chi connectivity index (χ1v) is 7.37. The maximum absolute atomic E-state index is 13.7. The van der Waals surface area contributed by atoms with E-state index in [9.17, 15) is 4.39 Å². The van der Waals surface area contributed by atoms with Crippen molar-refractivity contribution in [1.29, 1.82) is 0 Å². The molecule has 116 valence electrons. The van der Waals surface area contributed by atoms with Gasteiger partial charge in [-0.1, -0.05) is 24.3 Å². The highest BCUT2D eigenvalue weighted by Crippen LogP contribution is 2.46. The molecular weight excluding hydrogens is 293 g/mol. The number of ether oxygens (including phenoxy) is 2. The van der Waals surface area contributed by atoms with Crippen molar-refractivity contribution < 1.29 is 13.9 Å². The van der Waals surface area contributed by atoms with Gasteiger partial charge in [0.1, 0.15) is 11.6 Å². The van der Waals surface area contributed by atoms with Crippen LogP contribution in [-0.4, -0.2) is 18.8 Å². The third kappa shape index (κ3) is 1.75. The number of aromatic nitrogens is 1. The molecule has 0 radical (unpaired) electrons. The summed E-state index contributed by atoms with van der Waals surface area (Å²) in [6.07, 6.45) is 0. The smallest absolute Gasteiger partial charge is 0.151 e. The van der Waals surface area contributed by atoms with E-state index in [1.54, 1.807) is 26.4 Å². The SMILES string of the molecule is COc1c2ccccc2c(OC)c2c1c1ccc(F)cc1n2C. The molecule has 0 bridgehead atoms. The van der Waals surface area contributed by atoms with Crippen molar-refractivity contribution in [3.8, 4) is 11.5 Å². The van der Waals surface area contributed by atoms with E-state index in [4.69, 9.17) is 9.47 Å². The Morgan fingerprint density at radius 3 is 2.17 bits per heavy atom. The van der Waals surface area contributed by atoms with Gasteiger partial charge in [0, 0.05) is 23.2 Å². The van der Waals surface area contributed by atoms with Gasteiger partial charge in [0.25, 0.3) is 0 Å². The Balaban J connectivity index is 2.39. The number of aryl methyl sites for hydroxylation is 1. The highest BCUT2D eigenvalue weighted by molar-refractivity contribution is 6.20. The standard InChI is InChI=1S/C19H16FNO2/c1-21-15-10-11(20)8-9-14(15)16-17(21)19(23-3)13-7-5-4-6-12(13)18(16)22-2/h4-10H,1-3H3. The Morgan fingerprint density at radius 2 is 1.52 bits per heavy atom. The van der Waals surface area contributed by atoms with E-state index in [0.717, 1.165) is 44.1 Å². The highest BCUT2D eigenvalue weighted by Gasteiger charge is 2.21. The zero-order chi connectivity index (χ0) is 16.1. The Labute approximate surface area is 132 Å². The lowest BCUT2D eigenvalue weighted by atomic mass is 10.0. The lowest BCUT2D eigenvalue weighted by Crippen LogP contribution is -1.95. The van der Waals surface area contributed by atoms with Gasteiger partial charge in [-0.05, 0) is 18.2 Å². The second kappa shape index (κ2) is 4.88. The van der Waals surface area contributed by atoms with Gasteiger partial charge < -0.3 is 14.0 Å². The summed E-state index contributed by atoms with van der Waals surface area (Å²) < 4.78 is 27.1. The maximum atomic E-state index is 13.7. The fourth-order valence-electron chi connectivity index (χ4n) is 3.47. The first-order chi connectivity index (χ1) is 11.2. The van der Waals surface area contributed by atoms with E-state index >= 15 is 0 Å². The number of nitrogens with zero attached hydrogens (tertiary/aromatic N) is 1. The van der Waals surface area contributed by atoms with Crippen LogP contribution in [0.15, 0.2) is 42.5 Å². The molecule has 4 aromatic rings. The van der Waals surface area contributed by atoms with Crippen LogP contribution in [0, 0.1) is 5.82 Å². The average molecular weight is 309 g/mol. The summed E-state index contributed by atoms with van der Waals surface area (Å²) in [6, 6.07) is 12.8. The molecular formula is C19H16FNO2. The van der Waals surface area contributed by atoms with Crippen molar-refractivity contribution in [3.63, 3.8) is 0 Å². The van der Waals surface area contributed by atoms with E-state index < -0.39 is 0 Å². The Bertz CT molecular complexity index is 1070. The van der Waals surface area contributed by atoms with E-state index in [-0.39, 0.29) is 5.82 Å². The Hall–Kier alpha value is -2.75. The van der Waals surface area contributed by atoms with E-state index in [2.05, 4.69) is 0 Å². The van der Waals surface area contributed by atoms with Crippen molar-refractivity contribution in [1.82, 2.24) is 4.57 Å². The summed E-state index contributed by atoms with van der Waals surface area (Å²) in [4.78, 5) is 0. The van der Waals surface area contributed by atoms with Gasteiger partial charge in [-0.3, -0.25) is 0 Å². The predicted molar refractivity (Wildman–Crippen MR) is 91.0 cm³/mol. The molecule has 0 amide bonds. The summed E-state index contributed by atoms with van der Waals surface area (Å²) in [5.74, 6) is 1.30. The number of rotatable bonds is 2. The van der Waals surface area contributed by atoms with E-state index in [1.165, 1.54) is 6.07 Å². The Morgan fingerprint density at radius 1 is 0.870 bits per heavy atom. The molecule has 0 saturated heterocycles. The molecule has 0 unspecified atom stereocenters. The number of fused-ring (bicyclic) bond motifs is 4. The number of hydrogen-bond donors (Lipinski definition) is 0. The first-order valence-electron chi connectivity index (χ1n) is 7.37. The molecule has 4 rings (SSSR count). The van der Waals surface area contributed by atoms with Gasteiger partial charge in [0.05, 0.1) is 30.6 Å². The van der Waals surface area contributed by atoms with Crippen LogP contribution in [0.2, 0.25) is 0 Å². The number of halogens is 1. The molecule has 0 N–H and O–H groups in total. The first kappa shape index (κ1) is 13.9. The van der Waals surface area contributed by atoms with Crippen LogP contribution in [0.4, 0.5) is 4.39 Å². The minimum Gasteiger partial charge on any atom is -0.495 e. The molecule has 23 heavy (non-hydrogen) atoms. The van der Waals surface area contributed by atoms with Crippen molar-refractivity contribution in [3.05, 3.63) is 48.3 Å². The maximum Gasteiger partial charge on any atom is 0.151 e. The van der Waals surface area contributed by atoms with Crippen LogP contribution in [0.3, 0.4) is 0 Å². The zero-order valence-corrected chi connectivity index (χ0v) is 13.2. The number of methoxy groups -OCH3 is 2. The molecule has 0 aliphatic carbocycles. The lowest BCUT2D eigenvalue weighted by molar-refractivity contribution is 0.416. The molecule has 3 aromatic carbocycles. The van der Waals surface area contributed by atoms with E-state index in [1.807, 2.05) is 35.9 Å². The fourth-order valence-corrected chi connectivity index (χ4v) is 3.47. The molecule has 0 spiro atoms. The summed E-state index contributed by atoms with van der Waals surface area (Å²) in [5, 5.41) is 3.85. The normalized spacial score (nSPS) is 11.5. The van der Waals surface area contributed by atoms with Gasteiger partial charge in [-0.15, -0.1) is 0 Å². The lowest BCUT2D eigenvalue weighted by Gasteiger charge is -2.13. The van der Waals surface area contributed by atoms with Crippen molar-refractivity contribution in [2.75, 3.05) is 14.2 Å². The molecule has 0 aliphatic rings. The molecule has 1 aromatic heterocycles. The van der Waals surface area contributed by atoms with Gasteiger partial charge in [0.2, 0.25) is 0 Å². The largest absolute Gasteiger partial charge is 0.495 e. The third-order valence-corrected chi connectivity index (χ3v) is 4.43. The third-order valence-electron chi connectivity index (χ3n) is 4.43. The molecule has 1 heterocycles. The molecule has 0 atom stereocenters. The zero-order valence-electron chi connectivity index (χ0n) is 13.2. The molecule has 0 saturated carbocycles. The topological polar surface area (TPSA) is 23.4 Å². The quantitative estimate of drug-likeness (QED) is 0.538. The van der Waals surface area contributed by atoms with Gasteiger partial charge in [0.15, 0.2) is 5.75 Å². The second-order valence-corrected chi connectivity index (χ2v) is 5.56. The summed E-state index contributed by atoms with van der Waals surface area (Å²) in [5.41, 5.74) is 1.72. The Kier molecular flexibility index (Phi) is 2.94. The van der Waals surface area contributed by atoms with Crippen LogP contribution in [-0.2, 0) is 7.05 Å². The minimum absolute atomic E-state index is 0.258. The van der Waals surface area contributed by atoms with Crippen LogP contribution >= 0.6 is 0 Å². The molecule has 0 fully saturated rings. The number of hydrogen-bond acceptors (Lipinski definition) is 2.